The molecule has 0 aromatic rings. The molecule has 2 heteroatoms. The molecular formula is C5H10ClI. The molecule has 0 aliphatic heterocycles. The molecule has 44 valence electrons. The van der Waals surface area contributed by atoms with Crippen LogP contribution in [-0.2, 0) is 0 Å². The Balaban J connectivity index is 3.54. The first kappa shape index (κ1) is 8.02. The Morgan fingerprint density at radius 2 is 1.57 bits per heavy atom. The monoisotopic (exact) mass is 232 g/mol. The van der Waals surface area contributed by atoms with E-state index < -0.39 is 0 Å². The summed E-state index contributed by atoms with van der Waals surface area (Å²) in [7, 11) is 0. The maximum atomic E-state index is 5.74. The van der Waals surface area contributed by atoms with Crippen LogP contribution in [0.2, 0.25) is 0 Å². The Hall–Kier alpha value is 1.02. The minimum atomic E-state index is 0.241. The summed E-state index contributed by atoms with van der Waals surface area (Å²) in [5, 5.41) is 0. The highest BCUT2D eigenvalue weighted by Crippen LogP contribution is 2.28. The zero-order valence-corrected chi connectivity index (χ0v) is 7.75. The van der Waals surface area contributed by atoms with Crippen molar-refractivity contribution < 1.29 is 0 Å². The summed E-state index contributed by atoms with van der Waals surface area (Å²) < 4.78 is 0.241. The molecule has 0 N–H and O–H groups in total. The van der Waals surface area contributed by atoms with Crippen molar-refractivity contribution in [1.82, 2.24) is 0 Å². The molecule has 1 atom stereocenters. The van der Waals surface area contributed by atoms with Crippen LogP contribution >= 0.6 is 34.2 Å². The molecule has 0 aliphatic carbocycles. The van der Waals surface area contributed by atoms with E-state index in [1.54, 1.807) is 0 Å². The van der Waals surface area contributed by atoms with Gasteiger partial charge in [0, 0.05) is 0 Å². The fourth-order valence-electron chi connectivity index (χ4n) is 0. The molecule has 1 unspecified atom stereocenters. The first-order valence-electron chi connectivity index (χ1n) is 2.23. The highest BCUT2D eigenvalue weighted by Gasteiger charge is 2.17. The van der Waals surface area contributed by atoms with Gasteiger partial charge in [0.2, 0.25) is 0 Å². The van der Waals surface area contributed by atoms with Gasteiger partial charge in [0.15, 0.2) is 0 Å². The average Bonchev–Trinajstić information content (AvgIpc) is 1.31. The second-order valence-electron chi connectivity index (χ2n) is 2.67. The largest absolute Gasteiger partial charge is 0.111 e. The summed E-state index contributed by atoms with van der Waals surface area (Å²) in [5.41, 5.74) is 0.252. The van der Waals surface area contributed by atoms with Crippen molar-refractivity contribution in [3.8, 4) is 0 Å². The predicted molar refractivity (Wildman–Crippen MR) is 43.1 cm³/mol. The highest BCUT2D eigenvalue weighted by atomic mass is 127. The van der Waals surface area contributed by atoms with Gasteiger partial charge in [-0.05, 0) is 5.41 Å². The molecule has 0 spiro atoms. The molecule has 0 nitrogen and oxygen atoms in total. The van der Waals surface area contributed by atoms with E-state index in [-0.39, 0.29) is 8.80 Å². The van der Waals surface area contributed by atoms with Gasteiger partial charge in [-0.3, -0.25) is 0 Å². The van der Waals surface area contributed by atoms with Gasteiger partial charge < -0.3 is 0 Å². The lowest BCUT2D eigenvalue weighted by molar-refractivity contribution is 0.465. The normalized spacial score (nSPS) is 16.7. The minimum absolute atomic E-state index is 0.241. The molecule has 0 saturated heterocycles. The number of hydrogen-bond acceptors (Lipinski definition) is 0. The van der Waals surface area contributed by atoms with Crippen LogP contribution in [0.1, 0.15) is 20.8 Å². The third kappa shape index (κ3) is 3.59. The number of halogens is 2. The minimum Gasteiger partial charge on any atom is -0.111 e. The SMILES string of the molecule is CC(C)(C)C(Cl)I. The molecule has 0 radical (unpaired) electrons. The van der Waals surface area contributed by atoms with Crippen molar-refractivity contribution in [2.24, 2.45) is 5.41 Å². The first-order valence-corrected chi connectivity index (χ1v) is 3.91. The Morgan fingerprint density at radius 3 is 1.57 bits per heavy atom. The van der Waals surface area contributed by atoms with Crippen LogP contribution in [0.4, 0.5) is 0 Å². The van der Waals surface area contributed by atoms with Gasteiger partial charge in [0.1, 0.15) is 0 Å². The van der Waals surface area contributed by atoms with E-state index in [0.717, 1.165) is 0 Å². The van der Waals surface area contributed by atoms with E-state index in [9.17, 15) is 0 Å². The third-order valence-electron chi connectivity index (χ3n) is 0.655. The molecular weight excluding hydrogens is 222 g/mol. The van der Waals surface area contributed by atoms with Crippen molar-refractivity contribution in [3.05, 3.63) is 0 Å². The Labute approximate surface area is 63.8 Å². The molecule has 0 amide bonds. The second kappa shape index (κ2) is 2.53. The van der Waals surface area contributed by atoms with Gasteiger partial charge in [-0.25, -0.2) is 0 Å². The first-order chi connectivity index (χ1) is 2.94. The molecule has 0 aromatic carbocycles. The zero-order valence-electron chi connectivity index (χ0n) is 4.83. The number of hydrogen-bond donors (Lipinski definition) is 0. The fourth-order valence-corrected chi connectivity index (χ4v) is 0. The van der Waals surface area contributed by atoms with Crippen LogP contribution < -0.4 is 0 Å². The predicted octanol–water partition coefficient (Wildman–Crippen LogP) is 3.03. The summed E-state index contributed by atoms with van der Waals surface area (Å²) >= 11 is 7.96. The summed E-state index contributed by atoms with van der Waals surface area (Å²) in [6.07, 6.45) is 0. The topological polar surface area (TPSA) is 0 Å². The fraction of sp³-hybridized carbons (Fsp3) is 1.00. The van der Waals surface area contributed by atoms with Crippen molar-refractivity contribution in [2.45, 2.75) is 24.2 Å². The maximum Gasteiger partial charge on any atom is 0.0898 e. The number of alkyl halides is 2. The Bertz CT molecular complexity index is 53.6. The van der Waals surface area contributed by atoms with Crippen LogP contribution in [0.5, 0.6) is 0 Å². The van der Waals surface area contributed by atoms with Crippen LogP contribution in [-0.4, -0.2) is 3.38 Å². The van der Waals surface area contributed by atoms with Gasteiger partial charge >= 0.3 is 0 Å². The molecule has 7 heavy (non-hydrogen) atoms. The zero-order chi connectivity index (χ0) is 6.08. The van der Waals surface area contributed by atoms with Crippen molar-refractivity contribution in [3.63, 3.8) is 0 Å². The molecule has 0 bridgehead atoms. The van der Waals surface area contributed by atoms with Crippen molar-refractivity contribution in [2.75, 3.05) is 0 Å². The maximum absolute atomic E-state index is 5.74. The molecule has 0 fully saturated rings. The van der Waals surface area contributed by atoms with Gasteiger partial charge in [-0.15, -0.1) is 11.6 Å². The van der Waals surface area contributed by atoms with E-state index in [2.05, 4.69) is 43.4 Å². The smallest absolute Gasteiger partial charge is 0.0898 e. The highest BCUT2D eigenvalue weighted by molar-refractivity contribution is 14.1. The molecule has 0 saturated carbocycles. The van der Waals surface area contributed by atoms with E-state index in [1.807, 2.05) is 0 Å². The van der Waals surface area contributed by atoms with Crippen molar-refractivity contribution in [1.29, 1.82) is 0 Å². The summed E-state index contributed by atoms with van der Waals surface area (Å²) in [6, 6.07) is 0. The van der Waals surface area contributed by atoms with E-state index >= 15 is 0 Å². The van der Waals surface area contributed by atoms with Gasteiger partial charge in [-0.1, -0.05) is 43.4 Å². The molecule has 0 aliphatic rings. The lowest BCUT2D eigenvalue weighted by Crippen LogP contribution is -2.13. The molecule has 0 rings (SSSR count). The third-order valence-corrected chi connectivity index (χ3v) is 3.18. The quantitative estimate of drug-likeness (QED) is 0.445. The lowest BCUT2D eigenvalue weighted by Gasteiger charge is -2.18. The second-order valence-corrected chi connectivity index (χ2v) is 5.09. The average molecular weight is 232 g/mol. The molecule has 0 heterocycles. The van der Waals surface area contributed by atoms with E-state index in [1.165, 1.54) is 0 Å². The molecule has 0 aromatic heterocycles. The van der Waals surface area contributed by atoms with E-state index in [4.69, 9.17) is 11.6 Å². The Morgan fingerprint density at radius 1 is 1.43 bits per heavy atom. The number of rotatable bonds is 0. The van der Waals surface area contributed by atoms with Crippen LogP contribution in [0.15, 0.2) is 0 Å². The van der Waals surface area contributed by atoms with Crippen LogP contribution in [0, 0.1) is 5.41 Å². The van der Waals surface area contributed by atoms with Crippen molar-refractivity contribution >= 4 is 34.2 Å². The summed E-state index contributed by atoms with van der Waals surface area (Å²) in [4.78, 5) is 0. The van der Waals surface area contributed by atoms with E-state index in [0.29, 0.717) is 0 Å². The summed E-state index contributed by atoms with van der Waals surface area (Å²) in [6.45, 7) is 6.37. The standard InChI is InChI=1S/C5H10ClI/c1-5(2,3)4(6)7/h4H,1-3H3. The van der Waals surface area contributed by atoms with Gasteiger partial charge in [-0.2, -0.15) is 0 Å². The Kier molecular flexibility index (Phi) is 2.90. The van der Waals surface area contributed by atoms with Gasteiger partial charge in [0.05, 0.1) is 3.38 Å². The van der Waals surface area contributed by atoms with Gasteiger partial charge in [0.25, 0.3) is 0 Å². The van der Waals surface area contributed by atoms with Crippen LogP contribution in [0.3, 0.4) is 0 Å². The summed E-state index contributed by atoms with van der Waals surface area (Å²) in [5.74, 6) is 0. The lowest BCUT2D eigenvalue weighted by atomic mass is 10.0. The van der Waals surface area contributed by atoms with Crippen LogP contribution in [0.25, 0.3) is 0 Å².